The minimum atomic E-state index is -1.09. The van der Waals surface area contributed by atoms with Crippen LogP contribution in [0.1, 0.15) is 40.0 Å². The largest absolute Gasteiger partial charge is 0.494 e. The van der Waals surface area contributed by atoms with Crippen molar-refractivity contribution in [3.05, 3.63) is 48.5 Å². The van der Waals surface area contributed by atoms with E-state index in [-0.39, 0.29) is 30.9 Å². The molecule has 2 unspecified atom stereocenters. The van der Waals surface area contributed by atoms with E-state index in [1.807, 2.05) is 31.2 Å². The van der Waals surface area contributed by atoms with Crippen molar-refractivity contribution in [2.75, 3.05) is 48.4 Å². The Bertz CT molecular complexity index is 1250. The van der Waals surface area contributed by atoms with Gasteiger partial charge in [-0.05, 0) is 88.6 Å². The molecule has 3 heterocycles. The molecule has 0 aliphatic carbocycles. The first-order valence-corrected chi connectivity index (χ1v) is 14.7. The standard InChI is InChI=1S/C31H40N4O6/c1-4-34(5-2)22-12-8-20(9-13-22)33-29(38)27-31-17-16-24(41-31)25(26(31)30(39)35(27)18-7-19-36)28(37)32-21-10-14-23(15-11-21)40-6-3/h8-15,24-27,36H,4-7,16-19H2,1-3H3,(H,32,37)(H,33,38)/t24-,25+,26-,27?,31?/m0/s1. The van der Waals surface area contributed by atoms with E-state index in [1.54, 1.807) is 24.3 Å². The van der Waals surface area contributed by atoms with Gasteiger partial charge in [-0.3, -0.25) is 14.4 Å². The maximum absolute atomic E-state index is 13.9. The first-order valence-electron chi connectivity index (χ1n) is 14.7. The van der Waals surface area contributed by atoms with Gasteiger partial charge >= 0.3 is 0 Å². The lowest BCUT2D eigenvalue weighted by Crippen LogP contribution is -2.53. The van der Waals surface area contributed by atoms with Crippen molar-refractivity contribution in [3.63, 3.8) is 0 Å². The highest BCUT2D eigenvalue weighted by atomic mass is 16.5. The Hall–Kier alpha value is -3.63. The lowest BCUT2D eigenvalue weighted by Gasteiger charge is -2.33. The van der Waals surface area contributed by atoms with Gasteiger partial charge in [-0.1, -0.05) is 0 Å². The summed E-state index contributed by atoms with van der Waals surface area (Å²) in [7, 11) is 0. The number of likely N-dealkylation sites (tertiary alicyclic amines) is 1. The van der Waals surface area contributed by atoms with Crippen LogP contribution in [-0.2, 0) is 19.1 Å². The molecule has 5 rings (SSSR count). The van der Waals surface area contributed by atoms with Gasteiger partial charge in [0.1, 0.15) is 17.4 Å². The molecule has 0 radical (unpaired) electrons. The molecule has 3 N–H and O–H groups in total. The second-order valence-electron chi connectivity index (χ2n) is 10.8. The van der Waals surface area contributed by atoms with Crippen LogP contribution >= 0.6 is 0 Å². The van der Waals surface area contributed by atoms with Gasteiger partial charge in [0.2, 0.25) is 17.7 Å². The molecular weight excluding hydrogens is 524 g/mol. The smallest absolute Gasteiger partial charge is 0.250 e. The number of nitrogens with zero attached hydrogens (tertiary/aromatic N) is 2. The van der Waals surface area contributed by atoms with Crippen LogP contribution in [0.5, 0.6) is 5.75 Å². The van der Waals surface area contributed by atoms with Crippen LogP contribution in [0, 0.1) is 11.8 Å². The van der Waals surface area contributed by atoms with E-state index in [4.69, 9.17) is 9.47 Å². The van der Waals surface area contributed by atoms with E-state index < -0.39 is 29.6 Å². The van der Waals surface area contributed by atoms with Crippen LogP contribution in [0.3, 0.4) is 0 Å². The van der Waals surface area contributed by atoms with Crippen molar-refractivity contribution >= 4 is 34.8 Å². The second kappa shape index (κ2) is 12.1. The fourth-order valence-corrected chi connectivity index (χ4v) is 6.82. The molecule has 0 aromatic heterocycles. The normalized spacial score (nSPS) is 26.1. The average molecular weight is 565 g/mol. The predicted octanol–water partition coefficient (Wildman–Crippen LogP) is 3.27. The number of aliphatic hydroxyl groups excluding tert-OH is 1. The van der Waals surface area contributed by atoms with Crippen molar-refractivity contribution in [1.29, 1.82) is 0 Å². The zero-order valence-corrected chi connectivity index (χ0v) is 24.0. The lowest BCUT2D eigenvalue weighted by molar-refractivity contribution is -0.139. The molecule has 1 spiro atoms. The Labute approximate surface area is 241 Å². The molecule has 3 fully saturated rings. The van der Waals surface area contributed by atoms with E-state index in [9.17, 15) is 19.5 Å². The van der Waals surface area contributed by atoms with Crippen LogP contribution in [-0.4, -0.2) is 78.3 Å². The van der Waals surface area contributed by atoms with Crippen LogP contribution in [0.25, 0.3) is 0 Å². The molecule has 3 amide bonds. The summed E-state index contributed by atoms with van der Waals surface area (Å²) in [6.45, 7) is 8.47. The van der Waals surface area contributed by atoms with Gasteiger partial charge in [0.25, 0.3) is 0 Å². The zero-order chi connectivity index (χ0) is 29.1. The Morgan fingerprint density at radius 3 is 2.27 bits per heavy atom. The number of anilines is 3. The third kappa shape index (κ3) is 5.26. The fraction of sp³-hybridized carbons (Fsp3) is 0.516. The topological polar surface area (TPSA) is 120 Å². The lowest BCUT2D eigenvalue weighted by atomic mass is 9.70. The van der Waals surface area contributed by atoms with E-state index in [0.29, 0.717) is 43.0 Å². The highest BCUT2D eigenvalue weighted by molar-refractivity contribution is 6.05. The van der Waals surface area contributed by atoms with Crippen LogP contribution < -0.4 is 20.3 Å². The Morgan fingerprint density at radius 2 is 1.66 bits per heavy atom. The summed E-state index contributed by atoms with van der Waals surface area (Å²) in [4.78, 5) is 45.1. The number of ether oxygens (including phenoxy) is 2. The maximum atomic E-state index is 13.9. The predicted molar refractivity (Wildman–Crippen MR) is 156 cm³/mol. The Kier molecular flexibility index (Phi) is 8.51. The molecule has 2 aromatic rings. The summed E-state index contributed by atoms with van der Waals surface area (Å²) in [6, 6.07) is 13.8. The fourth-order valence-electron chi connectivity index (χ4n) is 6.82. The number of benzene rings is 2. The summed E-state index contributed by atoms with van der Waals surface area (Å²) >= 11 is 0. The molecule has 3 aliphatic rings. The van der Waals surface area contributed by atoms with Crippen molar-refractivity contribution in [3.8, 4) is 5.75 Å². The minimum Gasteiger partial charge on any atom is -0.494 e. The van der Waals surface area contributed by atoms with Gasteiger partial charge in [-0.25, -0.2) is 0 Å². The first-order chi connectivity index (χ1) is 19.9. The van der Waals surface area contributed by atoms with Crippen molar-refractivity contribution < 1.29 is 29.0 Å². The number of carbonyl (C=O) groups is 3. The molecule has 2 aromatic carbocycles. The molecule has 10 heteroatoms. The highest BCUT2D eigenvalue weighted by Gasteiger charge is 2.74. The number of carbonyl (C=O) groups excluding carboxylic acids is 3. The van der Waals surface area contributed by atoms with Crippen LogP contribution in [0.4, 0.5) is 17.1 Å². The van der Waals surface area contributed by atoms with E-state index in [0.717, 1.165) is 18.8 Å². The van der Waals surface area contributed by atoms with Gasteiger partial charge in [0, 0.05) is 43.3 Å². The van der Waals surface area contributed by atoms with Crippen LogP contribution in [0.2, 0.25) is 0 Å². The van der Waals surface area contributed by atoms with Gasteiger partial charge < -0.3 is 35.0 Å². The molecule has 3 aliphatic heterocycles. The van der Waals surface area contributed by atoms with E-state index in [2.05, 4.69) is 29.4 Å². The van der Waals surface area contributed by atoms with Gasteiger partial charge in [-0.15, -0.1) is 0 Å². The van der Waals surface area contributed by atoms with Gasteiger partial charge in [0.05, 0.1) is 24.5 Å². The maximum Gasteiger partial charge on any atom is 0.250 e. The molecular formula is C31H40N4O6. The third-order valence-electron chi connectivity index (χ3n) is 8.60. The number of fused-ring (bicyclic) bond motifs is 1. The summed E-state index contributed by atoms with van der Waals surface area (Å²) in [5, 5.41) is 15.5. The summed E-state index contributed by atoms with van der Waals surface area (Å²) < 4.78 is 11.9. The van der Waals surface area contributed by atoms with E-state index >= 15 is 0 Å². The molecule has 2 bridgehead atoms. The number of hydrogen-bond donors (Lipinski definition) is 3. The second-order valence-corrected chi connectivity index (χ2v) is 10.8. The number of nitrogens with one attached hydrogen (secondary N) is 2. The van der Waals surface area contributed by atoms with Crippen molar-refractivity contribution in [2.24, 2.45) is 11.8 Å². The number of aliphatic hydroxyl groups is 1. The monoisotopic (exact) mass is 564 g/mol. The number of amides is 3. The molecule has 10 nitrogen and oxygen atoms in total. The van der Waals surface area contributed by atoms with Gasteiger partial charge in [0.15, 0.2) is 0 Å². The van der Waals surface area contributed by atoms with Crippen LogP contribution in [0.15, 0.2) is 48.5 Å². The molecule has 0 saturated carbocycles. The Morgan fingerprint density at radius 1 is 1.02 bits per heavy atom. The summed E-state index contributed by atoms with van der Waals surface area (Å²) in [5.74, 6) is -1.70. The third-order valence-corrected chi connectivity index (χ3v) is 8.60. The summed E-state index contributed by atoms with van der Waals surface area (Å²) in [5.41, 5.74) is 1.19. The highest BCUT2D eigenvalue weighted by Crippen LogP contribution is 2.58. The molecule has 5 atom stereocenters. The van der Waals surface area contributed by atoms with Crippen molar-refractivity contribution in [1.82, 2.24) is 4.90 Å². The molecule has 220 valence electrons. The average Bonchev–Trinajstić information content (AvgIpc) is 3.62. The first kappa shape index (κ1) is 28.9. The van der Waals surface area contributed by atoms with E-state index in [1.165, 1.54) is 4.90 Å². The number of hydrogen-bond acceptors (Lipinski definition) is 7. The minimum absolute atomic E-state index is 0.117. The SMILES string of the molecule is CCOc1ccc(NC(=O)[C@@H]2[C@@H]3CCC4(O3)C(C(=O)Nc3ccc(N(CC)CC)cc3)N(CCCO)C(=O)[C@H]24)cc1. The number of rotatable bonds is 12. The molecule has 41 heavy (non-hydrogen) atoms. The Balaban J connectivity index is 1.38. The molecule has 3 saturated heterocycles. The van der Waals surface area contributed by atoms with Gasteiger partial charge in [-0.2, -0.15) is 0 Å². The summed E-state index contributed by atoms with van der Waals surface area (Å²) in [6.07, 6.45) is 0.968. The van der Waals surface area contributed by atoms with Crippen molar-refractivity contribution in [2.45, 2.75) is 57.8 Å². The quantitative estimate of drug-likeness (QED) is 0.362. The zero-order valence-electron chi connectivity index (χ0n) is 24.0.